The van der Waals surface area contributed by atoms with Crippen molar-refractivity contribution < 1.29 is 9.72 Å². The first kappa shape index (κ1) is 14.4. The van der Waals surface area contributed by atoms with Crippen LogP contribution in [0, 0.1) is 23.0 Å². The third kappa shape index (κ3) is 3.53. The summed E-state index contributed by atoms with van der Waals surface area (Å²) >= 11 is 5.69. The van der Waals surface area contributed by atoms with Gasteiger partial charge in [-0.25, -0.2) is 4.98 Å². The maximum Gasteiger partial charge on any atom is 0.332 e. The number of nitro groups is 1. The zero-order valence-corrected chi connectivity index (χ0v) is 11.6. The van der Waals surface area contributed by atoms with Gasteiger partial charge in [-0.2, -0.15) is 4.98 Å². The molecule has 0 atom stereocenters. The van der Waals surface area contributed by atoms with E-state index in [-0.39, 0.29) is 34.3 Å². The van der Waals surface area contributed by atoms with Gasteiger partial charge in [-0.1, -0.05) is 0 Å². The highest BCUT2D eigenvalue weighted by atomic mass is 35.5. The summed E-state index contributed by atoms with van der Waals surface area (Å²) in [6, 6.07) is 0. The summed E-state index contributed by atoms with van der Waals surface area (Å²) in [6.07, 6.45) is 1.87. The zero-order valence-electron chi connectivity index (χ0n) is 10.9. The molecular weight excluding hydrogens is 286 g/mol. The van der Waals surface area contributed by atoms with Crippen LogP contribution in [0.4, 0.5) is 11.5 Å². The van der Waals surface area contributed by atoms with Crippen molar-refractivity contribution in [1.82, 2.24) is 15.3 Å². The van der Waals surface area contributed by atoms with Crippen LogP contribution in [0.5, 0.6) is 0 Å². The van der Waals surface area contributed by atoms with Crippen LogP contribution >= 0.6 is 11.6 Å². The maximum atomic E-state index is 11.4. The van der Waals surface area contributed by atoms with Crippen LogP contribution in [0.1, 0.15) is 18.5 Å². The van der Waals surface area contributed by atoms with Gasteiger partial charge < -0.3 is 10.6 Å². The minimum absolute atomic E-state index is 0.0261. The highest BCUT2D eigenvalue weighted by Crippen LogP contribution is 2.28. The molecule has 0 bridgehead atoms. The average molecular weight is 300 g/mol. The van der Waals surface area contributed by atoms with Crippen molar-refractivity contribution in [2.75, 3.05) is 18.4 Å². The van der Waals surface area contributed by atoms with E-state index in [4.69, 9.17) is 11.6 Å². The van der Waals surface area contributed by atoms with Gasteiger partial charge >= 0.3 is 5.69 Å². The molecule has 0 spiro atoms. The van der Waals surface area contributed by atoms with E-state index >= 15 is 0 Å². The molecule has 0 aliphatic heterocycles. The van der Waals surface area contributed by atoms with Crippen molar-refractivity contribution in [2.45, 2.75) is 19.8 Å². The molecule has 0 unspecified atom stereocenters. The molecule has 1 aliphatic carbocycles. The van der Waals surface area contributed by atoms with E-state index in [2.05, 4.69) is 20.6 Å². The molecule has 1 heterocycles. The van der Waals surface area contributed by atoms with Gasteiger partial charge in [0.15, 0.2) is 0 Å². The number of nitrogens with zero attached hydrogens (tertiary/aromatic N) is 3. The standard InChI is InChI=1S/C11H14ClN5O3/c1-6-8(17(19)20)9(16-11(12)15-6)13-4-5-14-10(18)7-2-3-7/h7H,2-5H2,1H3,(H,14,18)(H,13,15,16). The number of halogens is 1. The van der Waals surface area contributed by atoms with Crippen molar-refractivity contribution in [3.8, 4) is 0 Å². The predicted octanol–water partition coefficient (Wildman–Crippen LogP) is 1.28. The van der Waals surface area contributed by atoms with Crippen molar-refractivity contribution in [1.29, 1.82) is 0 Å². The predicted molar refractivity (Wildman–Crippen MR) is 72.7 cm³/mol. The molecule has 20 heavy (non-hydrogen) atoms. The zero-order chi connectivity index (χ0) is 14.7. The SMILES string of the molecule is Cc1nc(Cl)nc(NCCNC(=O)C2CC2)c1[N+](=O)[O-]. The molecule has 1 fully saturated rings. The fourth-order valence-electron chi connectivity index (χ4n) is 1.73. The van der Waals surface area contributed by atoms with Crippen LogP contribution in [-0.2, 0) is 4.79 Å². The van der Waals surface area contributed by atoms with Gasteiger partial charge in [0.05, 0.1) is 4.92 Å². The Morgan fingerprint density at radius 3 is 2.75 bits per heavy atom. The van der Waals surface area contributed by atoms with E-state index in [1.165, 1.54) is 6.92 Å². The number of hydrogen-bond acceptors (Lipinski definition) is 6. The van der Waals surface area contributed by atoms with E-state index in [1.807, 2.05) is 0 Å². The number of nitrogens with one attached hydrogen (secondary N) is 2. The van der Waals surface area contributed by atoms with E-state index in [0.29, 0.717) is 13.1 Å². The molecule has 108 valence electrons. The smallest absolute Gasteiger partial charge is 0.332 e. The third-order valence-electron chi connectivity index (χ3n) is 2.88. The van der Waals surface area contributed by atoms with Gasteiger partial charge in [0.2, 0.25) is 17.0 Å². The first-order chi connectivity index (χ1) is 9.49. The Hall–Kier alpha value is -1.96. The van der Waals surface area contributed by atoms with Gasteiger partial charge in [0, 0.05) is 19.0 Å². The van der Waals surface area contributed by atoms with Gasteiger partial charge in [0.25, 0.3) is 0 Å². The van der Waals surface area contributed by atoms with Gasteiger partial charge in [-0.15, -0.1) is 0 Å². The first-order valence-electron chi connectivity index (χ1n) is 6.19. The maximum absolute atomic E-state index is 11.4. The fraction of sp³-hybridized carbons (Fsp3) is 0.545. The van der Waals surface area contributed by atoms with Crippen LogP contribution in [0.2, 0.25) is 5.28 Å². The summed E-state index contributed by atoms with van der Waals surface area (Å²) in [7, 11) is 0. The number of hydrogen-bond donors (Lipinski definition) is 2. The summed E-state index contributed by atoms with van der Waals surface area (Å²) in [5, 5.41) is 16.5. The van der Waals surface area contributed by atoms with Crippen molar-refractivity contribution in [3.05, 3.63) is 21.1 Å². The fourth-order valence-corrected chi connectivity index (χ4v) is 1.94. The Labute approximate surface area is 120 Å². The monoisotopic (exact) mass is 299 g/mol. The molecule has 0 radical (unpaired) electrons. The van der Waals surface area contributed by atoms with E-state index < -0.39 is 4.92 Å². The van der Waals surface area contributed by atoms with Crippen molar-refractivity contribution >= 4 is 29.0 Å². The molecule has 8 nitrogen and oxygen atoms in total. The molecule has 2 N–H and O–H groups in total. The highest BCUT2D eigenvalue weighted by molar-refractivity contribution is 6.28. The largest absolute Gasteiger partial charge is 0.362 e. The molecular formula is C11H14ClN5O3. The molecule has 1 aromatic heterocycles. The van der Waals surface area contributed by atoms with Crippen molar-refractivity contribution in [2.24, 2.45) is 5.92 Å². The molecule has 1 aromatic rings. The van der Waals surface area contributed by atoms with Crippen LogP contribution in [0.3, 0.4) is 0 Å². The normalized spacial score (nSPS) is 13.9. The number of amides is 1. The number of aryl methyl sites for hydroxylation is 1. The number of anilines is 1. The average Bonchev–Trinajstić information content (AvgIpc) is 3.16. The highest BCUT2D eigenvalue weighted by Gasteiger charge is 2.29. The molecule has 2 rings (SSSR count). The second kappa shape index (κ2) is 6.00. The summed E-state index contributed by atoms with van der Waals surface area (Å²) in [4.78, 5) is 29.4. The quantitative estimate of drug-likeness (QED) is 0.354. The van der Waals surface area contributed by atoms with Crippen LogP contribution in [0.25, 0.3) is 0 Å². The summed E-state index contributed by atoms with van der Waals surface area (Å²) in [6.45, 7) is 2.19. The molecule has 0 aromatic carbocycles. The molecule has 9 heteroatoms. The Morgan fingerprint density at radius 1 is 1.45 bits per heavy atom. The summed E-state index contributed by atoms with van der Waals surface area (Å²) in [5.41, 5.74) is -0.0116. The molecule has 0 saturated heterocycles. The lowest BCUT2D eigenvalue weighted by Crippen LogP contribution is -2.30. The van der Waals surface area contributed by atoms with Crippen LogP contribution in [-0.4, -0.2) is 33.9 Å². The minimum Gasteiger partial charge on any atom is -0.362 e. The van der Waals surface area contributed by atoms with Crippen molar-refractivity contribution in [3.63, 3.8) is 0 Å². The summed E-state index contributed by atoms with van der Waals surface area (Å²) in [5.74, 6) is 0.228. The molecule has 1 amide bonds. The van der Waals surface area contributed by atoms with E-state index in [1.54, 1.807) is 0 Å². The lowest BCUT2D eigenvalue weighted by molar-refractivity contribution is -0.385. The van der Waals surface area contributed by atoms with Crippen LogP contribution in [0.15, 0.2) is 0 Å². The Bertz CT molecular complexity index is 547. The van der Waals surface area contributed by atoms with Crippen LogP contribution < -0.4 is 10.6 Å². The lowest BCUT2D eigenvalue weighted by Gasteiger charge is -2.08. The number of carbonyl (C=O) groups is 1. The topological polar surface area (TPSA) is 110 Å². The van der Waals surface area contributed by atoms with Gasteiger partial charge in [-0.05, 0) is 31.4 Å². The molecule has 1 saturated carbocycles. The number of aromatic nitrogens is 2. The van der Waals surface area contributed by atoms with E-state index in [9.17, 15) is 14.9 Å². The lowest BCUT2D eigenvalue weighted by atomic mass is 10.3. The minimum atomic E-state index is -0.559. The van der Waals surface area contributed by atoms with Gasteiger partial charge in [0.1, 0.15) is 5.69 Å². The number of carbonyl (C=O) groups excluding carboxylic acids is 1. The Morgan fingerprint density at radius 2 is 2.15 bits per heavy atom. The number of rotatable bonds is 6. The first-order valence-corrected chi connectivity index (χ1v) is 6.57. The Balaban J connectivity index is 1.94. The van der Waals surface area contributed by atoms with E-state index in [0.717, 1.165) is 12.8 Å². The third-order valence-corrected chi connectivity index (χ3v) is 3.05. The second-order valence-electron chi connectivity index (χ2n) is 4.52. The molecule has 1 aliphatic rings. The summed E-state index contributed by atoms with van der Waals surface area (Å²) < 4.78 is 0. The Kier molecular flexibility index (Phi) is 4.33. The second-order valence-corrected chi connectivity index (χ2v) is 4.86. The van der Waals surface area contributed by atoms with Gasteiger partial charge in [-0.3, -0.25) is 14.9 Å².